The molecule has 9 heteroatoms. The first kappa shape index (κ1) is 23.1. The number of carbonyl (C=O) groups excluding carboxylic acids is 1. The summed E-state index contributed by atoms with van der Waals surface area (Å²) in [6.07, 6.45) is 0.984. The summed E-state index contributed by atoms with van der Waals surface area (Å²) in [7, 11) is 0. The predicted molar refractivity (Wildman–Crippen MR) is 135 cm³/mol. The number of halogens is 1. The van der Waals surface area contributed by atoms with Crippen molar-refractivity contribution in [3.63, 3.8) is 0 Å². The Morgan fingerprint density at radius 3 is 2.75 bits per heavy atom. The third-order valence-electron chi connectivity index (χ3n) is 5.65. The number of benzene rings is 2. The highest BCUT2D eigenvalue weighted by Crippen LogP contribution is 2.31. The molecule has 3 heterocycles. The van der Waals surface area contributed by atoms with Crippen LogP contribution in [0, 0.1) is 0 Å². The first-order chi connectivity index (χ1) is 15.2. The number of ether oxygens (including phenoxy) is 1. The average Bonchev–Trinajstić information content (AvgIpc) is 3.45. The van der Waals surface area contributed by atoms with Crippen LogP contribution in [-0.2, 0) is 11.2 Å². The van der Waals surface area contributed by atoms with E-state index in [0.29, 0.717) is 12.1 Å². The first-order valence-electron chi connectivity index (χ1n) is 10.6. The third kappa shape index (κ3) is 4.79. The van der Waals surface area contributed by atoms with E-state index in [9.17, 15) is 4.79 Å². The molecule has 0 aliphatic carbocycles. The molecule has 0 spiro atoms. The normalized spacial score (nSPS) is 14.5. The number of thiazole rings is 2. The smallest absolute Gasteiger partial charge is 0.260 e. The maximum absolute atomic E-state index is 13.6. The molecule has 0 N–H and O–H groups in total. The lowest BCUT2D eigenvalue weighted by Crippen LogP contribution is -2.43. The molecule has 1 amide bonds. The molecular weight excluding hydrogens is 464 g/mol. The van der Waals surface area contributed by atoms with Gasteiger partial charge in [-0.25, -0.2) is 9.97 Å². The Hall–Kier alpha value is -2.10. The lowest BCUT2D eigenvalue weighted by molar-refractivity contribution is 0.0391. The fourth-order valence-electron chi connectivity index (χ4n) is 3.79. The molecule has 6 nitrogen and oxygen atoms in total. The van der Waals surface area contributed by atoms with Crippen LogP contribution in [0.15, 0.2) is 41.9 Å². The second-order valence-corrected chi connectivity index (χ2v) is 9.49. The summed E-state index contributed by atoms with van der Waals surface area (Å²) < 4.78 is 7.61. The van der Waals surface area contributed by atoms with E-state index >= 15 is 0 Å². The minimum Gasteiger partial charge on any atom is -0.379 e. The predicted octanol–water partition coefficient (Wildman–Crippen LogP) is 4.87. The van der Waals surface area contributed by atoms with Crippen LogP contribution in [0.4, 0.5) is 5.13 Å². The third-order valence-corrected chi connectivity index (χ3v) is 7.48. The minimum atomic E-state index is -0.0154. The van der Waals surface area contributed by atoms with Crippen LogP contribution in [0.5, 0.6) is 0 Å². The van der Waals surface area contributed by atoms with Crippen LogP contribution in [0.1, 0.15) is 22.8 Å². The van der Waals surface area contributed by atoms with Gasteiger partial charge in [0, 0.05) is 31.7 Å². The molecular formula is C23H25ClN4O2S2. The van der Waals surface area contributed by atoms with Gasteiger partial charge in [0.25, 0.3) is 5.91 Å². The average molecular weight is 489 g/mol. The number of carbonyl (C=O) groups is 1. The van der Waals surface area contributed by atoms with E-state index in [1.165, 1.54) is 5.56 Å². The monoisotopic (exact) mass is 488 g/mol. The largest absolute Gasteiger partial charge is 0.379 e. The Bertz CT molecular complexity index is 1220. The molecule has 2 aromatic heterocycles. The molecule has 1 aliphatic heterocycles. The summed E-state index contributed by atoms with van der Waals surface area (Å²) in [5.74, 6) is -0.0154. The van der Waals surface area contributed by atoms with Crippen molar-refractivity contribution < 1.29 is 9.53 Å². The van der Waals surface area contributed by atoms with Crippen LogP contribution in [0.3, 0.4) is 0 Å². The van der Waals surface area contributed by atoms with E-state index in [2.05, 4.69) is 35.0 Å². The van der Waals surface area contributed by atoms with Gasteiger partial charge in [-0.3, -0.25) is 14.6 Å². The van der Waals surface area contributed by atoms with E-state index in [0.717, 1.165) is 64.8 Å². The van der Waals surface area contributed by atoms with Gasteiger partial charge in [-0.1, -0.05) is 24.3 Å². The molecule has 2 aromatic carbocycles. The van der Waals surface area contributed by atoms with Gasteiger partial charge in [0.2, 0.25) is 0 Å². The number of amides is 1. The highest BCUT2D eigenvalue weighted by atomic mass is 35.5. The van der Waals surface area contributed by atoms with E-state index < -0.39 is 0 Å². The van der Waals surface area contributed by atoms with Crippen LogP contribution < -0.4 is 4.90 Å². The lowest BCUT2D eigenvalue weighted by Gasteiger charge is -2.29. The van der Waals surface area contributed by atoms with Crippen molar-refractivity contribution in [1.29, 1.82) is 0 Å². The fraction of sp³-hybridized carbons (Fsp3) is 0.348. The van der Waals surface area contributed by atoms with Crippen molar-refractivity contribution in [2.75, 3.05) is 44.3 Å². The van der Waals surface area contributed by atoms with E-state index in [1.54, 1.807) is 22.7 Å². The van der Waals surface area contributed by atoms with E-state index in [4.69, 9.17) is 9.72 Å². The number of nitrogens with zero attached hydrogens (tertiary/aromatic N) is 4. The number of aromatic nitrogens is 2. The van der Waals surface area contributed by atoms with Crippen molar-refractivity contribution in [1.82, 2.24) is 14.9 Å². The molecule has 168 valence electrons. The SMILES string of the molecule is CCc1ccc2nc(N(CCN3CCOCC3)C(=O)c3ccc4ncsc4c3)sc2c1.Cl. The molecule has 1 fully saturated rings. The Morgan fingerprint density at radius 1 is 1.12 bits per heavy atom. The summed E-state index contributed by atoms with van der Waals surface area (Å²) in [6.45, 7) is 6.84. The molecule has 0 atom stereocenters. The number of fused-ring (bicyclic) bond motifs is 2. The van der Waals surface area contributed by atoms with Crippen LogP contribution >= 0.6 is 35.1 Å². The van der Waals surface area contributed by atoms with Gasteiger partial charge < -0.3 is 4.74 Å². The number of rotatable bonds is 6. The molecule has 5 rings (SSSR count). The van der Waals surface area contributed by atoms with Crippen molar-refractivity contribution in [3.8, 4) is 0 Å². The zero-order valence-electron chi connectivity index (χ0n) is 17.8. The number of anilines is 1. The second kappa shape index (κ2) is 10.2. The van der Waals surface area contributed by atoms with Gasteiger partial charge in [0.05, 0.1) is 39.2 Å². The second-order valence-electron chi connectivity index (χ2n) is 7.60. The summed E-state index contributed by atoms with van der Waals surface area (Å²) in [5.41, 5.74) is 5.64. The molecule has 0 bridgehead atoms. The zero-order chi connectivity index (χ0) is 21.2. The van der Waals surface area contributed by atoms with Crippen molar-refractivity contribution in [2.45, 2.75) is 13.3 Å². The van der Waals surface area contributed by atoms with Crippen LogP contribution in [0.2, 0.25) is 0 Å². The Morgan fingerprint density at radius 2 is 1.94 bits per heavy atom. The van der Waals surface area contributed by atoms with Crippen molar-refractivity contribution in [2.24, 2.45) is 0 Å². The molecule has 32 heavy (non-hydrogen) atoms. The topological polar surface area (TPSA) is 58.6 Å². The fourth-order valence-corrected chi connectivity index (χ4v) is 5.56. The Kier molecular flexibility index (Phi) is 7.37. The number of hydrogen-bond donors (Lipinski definition) is 0. The van der Waals surface area contributed by atoms with Gasteiger partial charge in [0.15, 0.2) is 5.13 Å². The summed E-state index contributed by atoms with van der Waals surface area (Å²) in [5, 5.41) is 0.755. The number of aryl methyl sites for hydroxylation is 1. The summed E-state index contributed by atoms with van der Waals surface area (Å²) >= 11 is 3.14. The molecule has 0 saturated carbocycles. The van der Waals surface area contributed by atoms with Crippen LogP contribution in [-0.4, -0.2) is 60.2 Å². The Balaban J connectivity index is 0.00000245. The maximum atomic E-state index is 13.6. The van der Waals surface area contributed by atoms with Gasteiger partial charge in [-0.05, 0) is 42.3 Å². The quantitative estimate of drug-likeness (QED) is 0.387. The molecule has 4 aromatic rings. The highest BCUT2D eigenvalue weighted by molar-refractivity contribution is 7.22. The first-order valence-corrected chi connectivity index (χ1v) is 12.3. The van der Waals surface area contributed by atoms with Gasteiger partial charge in [-0.2, -0.15) is 0 Å². The van der Waals surface area contributed by atoms with Gasteiger partial charge >= 0.3 is 0 Å². The standard InChI is InChI=1S/C23H24N4O2S2.ClH/c1-2-16-3-5-19-21(13-16)31-23(25-19)27(8-7-26-9-11-29-12-10-26)22(28)17-4-6-18-20(14-17)30-15-24-18;/h3-6,13-15H,2,7-12H2,1H3;1H. The van der Waals surface area contributed by atoms with Crippen LogP contribution in [0.25, 0.3) is 20.4 Å². The highest BCUT2D eigenvalue weighted by Gasteiger charge is 2.23. The lowest BCUT2D eigenvalue weighted by atomic mass is 10.2. The van der Waals surface area contributed by atoms with Crippen molar-refractivity contribution >= 4 is 66.6 Å². The zero-order valence-corrected chi connectivity index (χ0v) is 20.3. The van der Waals surface area contributed by atoms with E-state index in [1.807, 2.05) is 28.6 Å². The maximum Gasteiger partial charge on any atom is 0.260 e. The summed E-state index contributed by atoms with van der Waals surface area (Å²) in [6, 6.07) is 12.1. The molecule has 0 radical (unpaired) electrons. The minimum absolute atomic E-state index is 0. The number of hydrogen-bond acceptors (Lipinski definition) is 7. The Labute approximate surface area is 201 Å². The summed E-state index contributed by atoms with van der Waals surface area (Å²) in [4.78, 5) is 27.0. The van der Waals surface area contributed by atoms with Gasteiger partial charge in [-0.15, -0.1) is 23.7 Å². The number of morpholine rings is 1. The van der Waals surface area contributed by atoms with Crippen molar-refractivity contribution in [3.05, 3.63) is 53.0 Å². The van der Waals surface area contributed by atoms with Gasteiger partial charge in [0.1, 0.15) is 0 Å². The molecule has 0 unspecified atom stereocenters. The molecule has 1 aliphatic rings. The molecule has 1 saturated heterocycles. The van der Waals surface area contributed by atoms with E-state index in [-0.39, 0.29) is 18.3 Å².